The Morgan fingerprint density at radius 2 is 1.60 bits per heavy atom. The van der Waals surface area contributed by atoms with Gasteiger partial charge in [0.2, 0.25) is 0 Å². The largest absolute Gasteiger partial charge is 0.508 e. The van der Waals surface area contributed by atoms with Gasteiger partial charge in [-0.05, 0) is 18.6 Å². The molecule has 1 aromatic carbocycles. The minimum Gasteiger partial charge on any atom is -0.508 e. The minimum absolute atomic E-state index is 0.139. The molecule has 4 N–H and O–H groups in total. The summed E-state index contributed by atoms with van der Waals surface area (Å²) in [5.74, 6) is 0.368. The third kappa shape index (κ3) is 7.93. The van der Waals surface area contributed by atoms with E-state index in [4.69, 9.17) is 15.3 Å². The van der Waals surface area contributed by atoms with Crippen LogP contribution >= 0.6 is 0 Å². The summed E-state index contributed by atoms with van der Waals surface area (Å²) in [4.78, 5) is 0. The molecule has 0 aliphatic heterocycles. The van der Waals surface area contributed by atoms with Crippen molar-refractivity contribution in [2.24, 2.45) is 0 Å². The fourth-order valence-corrected chi connectivity index (χ4v) is 0.847. The zero-order valence-corrected chi connectivity index (χ0v) is 8.98. The smallest absolute Gasteiger partial charge is 0.118 e. The van der Waals surface area contributed by atoms with Gasteiger partial charge in [-0.25, -0.2) is 0 Å². The highest BCUT2D eigenvalue weighted by atomic mass is 16.3. The van der Waals surface area contributed by atoms with Crippen molar-refractivity contribution in [2.75, 3.05) is 26.3 Å². The Morgan fingerprint density at radius 1 is 1.07 bits per heavy atom. The highest BCUT2D eigenvalue weighted by molar-refractivity contribution is 5.29. The average Bonchev–Trinajstić information content (AvgIpc) is 2.24. The molecule has 0 spiro atoms. The zero-order valence-electron chi connectivity index (χ0n) is 8.98. The number of nitrogens with one attached hydrogen (secondary N) is 1. The van der Waals surface area contributed by atoms with E-state index >= 15 is 0 Å². The minimum atomic E-state index is 0.139. The van der Waals surface area contributed by atoms with E-state index in [9.17, 15) is 0 Å². The van der Waals surface area contributed by atoms with Crippen molar-refractivity contribution in [3.63, 3.8) is 0 Å². The third-order valence-corrected chi connectivity index (χ3v) is 1.69. The highest BCUT2D eigenvalue weighted by Crippen LogP contribution is 2.12. The number of phenolic OH excluding ortho intramolecular Hbond substituents is 1. The molecule has 86 valence electrons. The first kappa shape index (κ1) is 13.9. The van der Waals surface area contributed by atoms with Gasteiger partial charge in [-0.1, -0.05) is 18.2 Å². The number of aryl methyl sites for hydroxylation is 1. The number of hydrogen-bond donors (Lipinski definition) is 4. The summed E-state index contributed by atoms with van der Waals surface area (Å²) in [7, 11) is 0. The topological polar surface area (TPSA) is 72.7 Å². The van der Waals surface area contributed by atoms with E-state index in [0.717, 1.165) is 5.56 Å². The first-order valence-corrected chi connectivity index (χ1v) is 4.89. The van der Waals surface area contributed by atoms with Crippen LogP contribution in [0.15, 0.2) is 24.3 Å². The number of para-hydroxylation sites is 1. The molecule has 0 heterocycles. The van der Waals surface area contributed by atoms with E-state index in [2.05, 4.69) is 5.32 Å². The molecular weight excluding hydrogens is 194 g/mol. The van der Waals surface area contributed by atoms with Gasteiger partial charge >= 0.3 is 0 Å². The molecule has 1 aromatic rings. The van der Waals surface area contributed by atoms with Gasteiger partial charge in [0.25, 0.3) is 0 Å². The molecule has 0 aromatic heterocycles. The molecule has 0 aliphatic carbocycles. The summed E-state index contributed by atoms with van der Waals surface area (Å²) in [5, 5.41) is 28.0. The van der Waals surface area contributed by atoms with E-state index in [1.165, 1.54) is 0 Å². The van der Waals surface area contributed by atoms with Crippen LogP contribution in [-0.2, 0) is 0 Å². The van der Waals surface area contributed by atoms with Gasteiger partial charge in [0.05, 0.1) is 13.2 Å². The fraction of sp³-hybridized carbons (Fsp3) is 0.455. The molecule has 15 heavy (non-hydrogen) atoms. The van der Waals surface area contributed by atoms with Crippen molar-refractivity contribution in [3.05, 3.63) is 29.8 Å². The number of aliphatic hydroxyl groups excluding tert-OH is 2. The van der Waals surface area contributed by atoms with Crippen LogP contribution < -0.4 is 5.32 Å². The first-order valence-electron chi connectivity index (χ1n) is 4.89. The second kappa shape index (κ2) is 9.45. The Morgan fingerprint density at radius 3 is 1.93 bits per heavy atom. The summed E-state index contributed by atoms with van der Waals surface area (Å²) >= 11 is 0. The van der Waals surface area contributed by atoms with Crippen LogP contribution in [0.5, 0.6) is 5.75 Å². The number of aliphatic hydroxyl groups is 2. The molecule has 4 heteroatoms. The lowest BCUT2D eigenvalue weighted by Gasteiger charge is -1.94. The van der Waals surface area contributed by atoms with E-state index < -0.39 is 0 Å². The van der Waals surface area contributed by atoms with Crippen LogP contribution in [0, 0.1) is 6.92 Å². The molecule has 0 aliphatic rings. The van der Waals surface area contributed by atoms with E-state index in [1.54, 1.807) is 6.07 Å². The van der Waals surface area contributed by atoms with Crippen LogP contribution in [-0.4, -0.2) is 41.6 Å². The van der Waals surface area contributed by atoms with Gasteiger partial charge in [0.15, 0.2) is 0 Å². The first-order chi connectivity index (χ1) is 7.22. The normalized spacial score (nSPS) is 9.27. The maximum Gasteiger partial charge on any atom is 0.118 e. The Bertz CT molecular complexity index is 228. The predicted molar refractivity (Wildman–Crippen MR) is 59.9 cm³/mol. The van der Waals surface area contributed by atoms with Crippen LogP contribution in [0.25, 0.3) is 0 Å². The standard InChI is InChI=1S/C7H8O.C4H11NO2/c1-6-4-2-3-5-7(6)8;6-3-1-5-2-4-7/h2-5,8H,1H3;5-7H,1-4H2. The summed E-state index contributed by atoms with van der Waals surface area (Å²) in [6.45, 7) is 3.29. The lowest BCUT2D eigenvalue weighted by molar-refractivity contribution is 0.266. The quantitative estimate of drug-likeness (QED) is 0.541. The van der Waals surface area contributed by atoms with Crippen molar-refractivity contribution < 1.29 is 15.3 Å². The summed E-state index contributed by atoms with van der Waals surface area (Å²) in [5.41, 5.74) is 0.924. The summed E-state index contributed by atoms with van der Waals surface area (Å²) in [6, 6.07) is 7.25. The lowest BCUT2D eigenvalue weighted by atomic mass is 10.2. The van der Waals surface area contributed by atoms with E-state index in [0.29, 0.717) is 18.8 Å². The van der Waals surface area contributed by atoms with E-state index in [1.807, 2.05) is 25.1 Å². The van der Waals surface area contributed by atoms with Crippen LogP contribution in [0.4, 0.5) is 0 Å². The molecule has 0 bridgehead atoms. The Kier molecular flexibility index (Phi) is 8.76. The van der Waals surface area contributed by atoms with Gasteiger partial charge in [-0.3, -0.25) is 0 Å². The van der Waals surface area contributed by atoms with Gasteiger partial charge in [0.1, 0.15) is 5.75 Å². The maximum absolute atomic E-state index is 8.92. The van der Waals surface area contributed by atoms with Gasteiger partial charge in [0, 0.05) is 13.1 Å². The molecule has 0 unspecified atom stereocenters. The van der Waals surface area contributed by atoms with Gasteiger partial charge in [-0.15, -0.1) is 0 Å². The number of aromatic hydroxyl groups is 1. The molecule has 0 radical (unpaired) electrons. The maximum atomic E-state index is 8.92. The second-order valence-corrected chi connectivity index (χ2v) is 2.98. The van der Waals surface area contributed by atoms with Gasteiger partial charge in [-0.2, -0.15) is 0 Å². The molecule has 1 rings (SSSR count). The molecule has 0 atom stereocenters. The number of phenols is 1. The average molecular weight is 213 g/mol. The molecule has 0 saturated heterocycles. The molecule has 4 nitrogen and oxygen atoms in total. The Balaban J connectivity index is 0.000000265. The zero-order chi connectivity index (χ0) is 11.5. The predicted octanol–water partition coefficient (Wildman–Crippen LogP) is 0.261. The lowest BCUT2D eigenvalue weighted by Crippen LogP contribution is -2.21. The van der Waals surface area contributed by atoms with Gasteiger partial charge < -0.3 is 20.6 Å². The molecule has 0 saturated carbocycles. The summed E-state index contributed by atoms with van der Waals surface area (Å²) in [6.07, 6.45) is 0. The molecule has 0 fully saturated rings. The number of hydrogen-bond acceptors (Lipinski definition) is 4. The molecule has 0 amide bonds. The SMILES string of the molecule is Cc1ccccc1O.OCCNCCO. The Hall–Kier alpha value is -1.10. The monoisotopic (exact) mass is 213 g/mol. The Labute approximate surface area is 90.2 Å². The fourth-order valence-electron chi connectivity index (χ4n) is 0.847. The number of benzene rings is 1. The molecular formula is C11H19NO3. The number of rotatable bonds is 4. The van der Waals surface area contributed by atoms with Crippen molar-refractivity contribution in [2.45, 2.75) is 6.92 Å². The second-order valence-electron chi connectivity index (χ2n) is 2.98. The van der Waals surface area contributed by atoms with E-state index in [-0.39, 0.29) is 13.2 Å². The van der Waals surface area contributed by atoms with Crippen molar-refractivity contribution >= 4 is 0 Å². The van der Waals surface area contributed by atoms with Crippen molar-refractivity contribution in [3.8, 4) is 5.75 Å². The highest BCUT2D eigenvalue weighted by Gasteiger charge is 1.87. The van der Waals surface area contributed by atoms with Crippen LogP contribution in [0.1, 0.15) is 5.56 Å². The van der Waals surface area contributed by atoms with Crippen LogP contribution in [0.3, 0.4) is 0 Å². The van der Waals surface area contributed by atoms with Crippen molar-refractivity contribution in [1.29, 1.82) is 0 Å². The summed E-state index contributed by atoms with van der Waals surface area (Å²) < 4.78 is 0. The van der Waals surface area contributed by atoms with Crippen molar-refractivity contribution in [1.82, 2.24) is 5.32 Å². The third-order valence-electron chi connectivity index (χ3n) is 1.69. The van der Waals surface area contributed by atoms with Crippen LogP contribution in [0.2, 0.25) is 0 Å².